The second-order valence-electron chi connectivity index (χ2n) is 8.61. The van der Waals surface area contributed by atoms with Gasteiger partial charge in [-0.15, -0.1) is 10.2 Å². The van der Waals surface area contributed by atoms with Gasteiger partial charge in [0.15, 0.2) is 5.82 Å². The maximum absolute atomic E-state index is 9.08. The normalized spacial score (nSPS) is 16.9. The maximum atomic E-state index is 9.08. The molecule has 152 valence electrons. The molecule has 2 aromatic carbocycles. The minimum absolute atomic E-state index is 0.668. The minimum atomic E-state index is 0.668. The molecule has 4 heterocycles. The lowest BCUT2D eigenvalue weighted by Crippen LogP contribution is -2.19. The number of anilines is 1. The van der Waals surface area contributed by atoms with E-state index in [9.17, 15) is 0 Å². The topological polar surface area (TPSA) is 62.7 Å². The zero-order chi connectivity index (χ0) is 20.9. The number of hydrogen-bond acceptors (Lipinski definition) is 4. The number of benzene rings is 2. The van der Waals surface area contributed by atoms with Crippen LogP contribution < -0.4 is 4.90 Å². The second kappa shape index (κ2) is 6.85. The zero-order valence-corrected chi connectivity index (χ0v) is 17.4. The molecule has 0 bridgehead atoms. The third-order valence-corrected chi connectivity index (χ3v) is 6.47. The van der Waals surface area contributed by atoms with Crippen LogP contribution in [0.2, 0.25) is 0 Å². The summed E-state index contributed by atoms with van der Waals surface area (Å²) in [6.45, 7) is 5.34. The van der Waals surface area contributed by atoms with E-state index in [1.807, 2.05) is 24.3 Å². The smallest absolute Gasteiger partial charge is 0.185 e. The molecule has 6 nitrogen and oxygen atoms in total. The van der Waals surface area contributed by atoms with Gasteiger partial charge >= 0.3 is 0 Å². The minimum Gasteiger partial charge on any atom is -0.371 e. The van der Waals surface area contributed by atoms with E-state index in [4.69, 9.17) is 5.26 Å². The summed E-state index contributed by atoms with van der Waals surface area (Å²) >= 11 is 0. The molecule has 0 saturated carbocycles. The van der Waals surface area contributed by atoms with Gasteiger partial charge in [0.05, 0.1) is 23.0 Å². The molecule has 2 aliphatic heterocycles. The Labute approximate surface area is 181 Å². The molecule has 0 radical (unpaired) electrons. The number of nitrogens with zero attached hydrogens (tertiary/aromatic N) is 6. The number of fused-ring (bicyclic) bond motifs is 5. The van der Waals surface area contributed by atoms with Crippen molar-refractivity contribution in [2.24, 2.45) is 5.92 Å². The van der Waals surface area contributed by atoms with Gasteiger partial charge in [0.25, 0.3) is 0 Å². The van der Waals surface area contributed by atoms with Gasteiger partial charge in [0, 0.05) is 37.1 Å². The molecule has 1 saturated heterocycles. The predicted octanol–water partition coefficient (Wildman–Crippen LogP) is 4.48. The lowest BCUT2D eigenvalue weighted by Gasteiger charge is -2.20. The Kier molecular flexibility index (Phi) is 3.97. The van der Waals surface area contributed by atoms with Crippen LogP contribution in [0.4, 0.5) is 5.69 Å². The molecular weight excluding hydrogens is 384 g/mol. The van der Waals surface area contributed by atoms with Crippen molar-refractivity contribution in [3.8, 4) is 34.4 Å². The molecule has 0 N–H and O–H groups in total. The van der Waals surface area contributed by atoms with Gasteiger partial charge in [0.1, 0.15) is 6.33 Å². The summed E-state index contributed by atoms with van der Waals surface area (Å²) in [7, 11) is 0. The Hall–Kier alpha value is -3.85. The molecule has 1 fully saturated rings. The summed E-state index contributed by atoms with van der Waals surface area (Å²) in [4.78, 5) is 2.49. The van der Waals surface area contributed by atoms with E-state index >= 15 is 0 Å². The van der Waals surface area contributed by atoms with E-state index in [1.165, 1.54) is 17.7 Å². The first-order valence-corrected chi connectivity index (χ1v) is 10.7. The third-order valence-electron chi connectivity index (χ3n) is 6.47. The average molecular weight is 406 g/mol. The highest BCUT2D eigenvalue weighted by molar-refractivity contribution is 5.72. The fourth-order valence-electron chi connectivity index (χ4n) is 4.79. The van der Waals surface area contributed by atoms with Crippen molar-refractivity contribution >= 4 is 5.69 Å². The van der Waals surface area contributed by atoms with Gasteiger partial charge in [-0.2, -0.15) is 5.26 Å². The molecule has 0 amide bonds. The van der Waals surface area contributed by atoms with Crippen molar-refractivity contribution in [1.82, 2.24) is 19.3 Å². The summed E-state index contributed by atoms with van der Waals surface area (Å²) in [5, 5.41) is 17.7. The van der Waals surface area contributed by atoms with Crippen LogP contribution >= 0.6 is 0 Å². The maximum Gasteiger partial charge on any atom is 0.185 e. The summed E-state index contributed by atoms with van der Waals surface area (Å²) in [6, 6.07) is 18.8. The molecule has 6 heteroatoms. The monoisotopic (exact) mass is 406 g/mol. The van der Waals surface area contributed by atoms with Crippen molar-refractivity contribution in [2.75, 3.05) is 18.0 Å². The first-order chi connectivity index (χ1) is 15.2. The van der Waals surface area contributed by atoms with E-state index in [1.54, 1.807) is 6.33 Å². The molecule has 2 aromatic heterocycles. The Morgan fingerprint density at radius 3 is 2.71 bits per heavy atom. The first kappa shape index (κ1) is 18.0. The average Bonchev–Trinajstić information content (AvgIpc) is 3.52. The van der Waals surface area contributed by atoms with E-state index in [2.05, 4.69) is 67.7 Å². The van der Waals surface area contributed by atoms with Crippen LogP contribution in [0.15, 0.2) is 61.1 Å². The van der Waals surface area contributed by atoms with Gasteiger partial charge in [0.2, 0.25) is 0 Å². The van der Waals surface area contributed by atoms with E-state index in [0.717, 1.165) is 53.9 Å². The van der Waals surface area contributed by atoms with E-state index in [0.29, 0.717) is 5.56 Å². The van der Waals surface area contributed by atoms with Crippen LogP contribution in [0.5, 0.6) is 0 Å². The lowest BCUT2D eigenvalue weighted by molar-refractivity contribution is 0.659. The van der Waals surface area contributed by atoms with Crippen molar-refractivity contribution in [2.45, 2.75) is 19.9 Å². The Bertz CT molecular complexity index is 1320. The van der Waals surface area contributed by atoms with E-state index in [-0.39, 0.29) is 0 Å². The Morgan fingerprint density at radius 2 is 1.94 bits per heavy atom. The van der Waals surface area contributed by atoms with Gasteiger partial charge < -0.3 is 9.47 Å². The summed E-state index contributed by atoms with van der Waals surface area (Å²) in [6.07, 6.45) is 5.23. The lowest BCUT2D eigenvalue weighted by atomic mass is 10.1. The van der Waals surface area contributed by atoms with Crippen molar-refractivity contribution < 1.29 is 0 Å². The van der Waals surface area contributed by atoms with Gasteiger partial charge in [-0.25, -0.2) is 0 Å². The quantitative estimate of drug-likeness (QED) is 0.434. The summed E-state index contributed by atoms with van der Waals surface area (Å²) in [5.41, 5.74) is 7.61. The number of rotatable bonds is 2. The van der Waals surface area contributed by atoms with Crippen LogP contribution in [0.25, 0.3) is 28.3 Å². The van der Waals surface area contributed by atoms with Crippen molar-refractivity contribution in [3.05, 3.63) is 72.2 Å². The highest BCUT2D eigenvalue weighted by atomic mass is 15.3. The Morgan fingerprint density at radius 1 is 1.06 bits per heavy atom. The largest absolute Gasteiger partial charge is 0.371 e. The van der Waals surface area contributed by atoms with Crippen LogP contribution in [0.3, 0.4) is 0 Å². The SMILES string of the molecule is CC1CCN(c2ccc3c(c2)Cn2cc(-c4ccc(C#N)cc4)cc2-c2nncn2-3)C1. The molecule has 1 atom stereocenters. The second-order valence-corrected chi connectivity index (χ2v) is 8.61. The zero-order valence-electron chi connectivity index (χ0n) is 17.4. The van der Waals surface area contributed by atoms with Crippen molar-refractivity contribution in [1.29, 1.82) is 5.26 Å². The van der Waals surface area contributed by atoms with Crippen LogP contribution in [-0.4, -0.2) is 32.4 Å². The number of aromatic nitrogens is 4. The molecule has 4 aromatic rings. The third kappa shape index (κ3) is 2.93. The highest BCUT2D eigenvalue weighted by Gasteiger charge is 2.24. The van der Waals surface area contributed by atoms with Crippen LogP contribution in [0.1, 0.15) is 24.5 Å². The van der Waals surface area contributed by atoms with Gasteiger partial charge in [-0.3, -0.25) is 4.57 Å². The summed E-state index contributed by atoms with van der Waals surface area (Å²) in [5.74, 6) is 1.59. The molecule has 31 heavy (non-hydrogen) atoms. The van der Waals surface area contributed by atoms with Crippen LogP contribution in [0, 0.1) is 17.2 Å². The number of nitriles is 1. The molecule has 1 unspecified atom stereocenters. The van der Waals surface area contributed by atoms with Gasteiger partial charge in [-0.05, 0) is 59.9 Å². The Balaban J connectivity index is 1.44. The number of hydrogen-bond donors (Lipinski definition) is 0. The summed E-state index contributed by atoms with van der Waals surface area (Å²) < 4.78 is 4.35. The molecule has 2 aliphatic rings. The standard InChI is InChI=1S/C25H22N6/c1-17-8-9-29(13-17)22-6-7-23-21(10-22)15-30-14-20(19-4-2-18(12-26)3-5-19)11-24(30)25-28-27-16-31(23)25/h2-7,10-11,14,16-17H,8-9,13,15H2,1H3. The highest BCUT2D eigenvalue weighted by Crippen LogP contribution is 2.35. The first-order valence-electron chi connectivity index (χ1n) is 10.7. The van der Waals surface area contributed by atoms with Crippen molar-refractivity contribution in [3.63, 3.8) is 0 Å². The fraction of sp³-hybridized carbons (Fsp3) is 0.240. The van der Waals surface area contributed by atoms with Gasteiger partial charge in [-0.1, -0.05) is 19.1 Å². The molecule has 6 rings (SSSR count). The fourth-order valence-corrected chi connectivity index (χ4v) is 4.79. The van der Waals surface area contributed by atoms with Crippen LogP contribution in [-0.2, 0) is 6.54 Å². The van der Waals surface area contributed by atoms with E-state index < -0.39 is 0 Å². The molecule has 0 spiro atoms. The molecular formula is C25H22N6. The predicted molar refractivity (Wildman–Crippen MR) is 120 cm³/mol. The molecule has 0 aliphatic carbocycles.